The monoisotopic (exact) mass is 395 g/mol. The van der Waals surface area contributed by atoms with Gasteiger partial charge < -0.3 is 9.64 Å². The zero-order chi connectivity index (χ0) is 19.7. The van der Waals surface area contributed by atoms with Crippen molar-refractivity contribution in [1.82, 2.24) is 9.78 Å². The van der Waals surface area contributed by atoms with Crippen LogP contribution in [0.5, 0.6) is 5.75 Å². The topological polar surface area (TPSA) is 47.4 Å². The van der Waals surface area contributed by atoms with E-state index >= 15 is 0 Å². The maximum Gasteiger partial charge on any atom is 0.261 e. The lowest BCUT2D eigenvalue weighted by molar-refractivity contribution is 0.0975. The van der Waals surface area contributed by atoms with Crippen molar-refractivity contribution < 1.29 is 9.53 Å². The number of methoxy groups -OCH3 is 1. The summed E-state index contributed by atoms with van der Waals surface area (Å²) < 4.78 is 6.94. The molecular weight excluding hydrogens is 374 g/mol. The van der Waals surface area contributed by atoms with Crippen LogP contribution in [0.1, 0.15) is 30.1 Å². The van der Waals surface area contributed by atoms with Gasteiger partial charge in [0.2, 0.25) is 0 Å². The molecule has 3 aromatic rings. The first-order valence-corrected chi connectivity index (χ1v) is 9.73. The summed E-state index contributed by atoms with van der Waals surface area (Å²) in [6, 6.07) is 15.1. The minimum atomic E-state index is -0.0511. The molecule has 5 nitrogen and oxygen atoms in total. The molecule has 1 heterocycles. The van der Waals surface area contributed by atoms with Crippen molar-refractivity contribution in [1.29, 1.82) is 0 Å². The maximum absolute atomic E-state index is 13.4. The second-order valence-corrected chi connectivity index (χ2v) is 7.54. The Morgan fingerprint density at radius 3 is 2.46 bits per heavy atom. The smallest absolute Gasteiger partial charge is 0.261 e. The summed E-state index contributed by atoms with van der Waals surface area (Å²) in [5.41, 5.74) is 2.28. The molecule has 1 fully saturated rings. The Hall–Kier alpha value is -2.79. The molecule has 1 aromatic heterocycles. The second-order valence-electron chi connectivity index (χ2n) is 7.10. The minimum absolute atomic E-state index is 0.0511. The Bertz CT molecular complexity index is 962. The van der Waals surface area contributed by atoms with Gasteiger partial charge in [-0.2, -0.15) is 5.10 Å². The third kappa shape index (κ3) is 3.76. The molecule has 4 rings (SSSR count). The van der Waals surface area contributed by atoms with Crippen molar-refractivity contribution in [2.24, 2.45) is 5.92 Å². The number of ether oxygens (including phenoxy) is 1. The predicted molar refractivity (Wildman–Crippen MR) is 111 cm³/mol. The van der Waals surface area contributed by atoms with Crippen LogP contribution in [0.15, 0.2) is 60.9 Å². The second kappa shape index (κ2) is 7.68. The van der Waals surface area contributed by atoms with E-state index in [4.69, 9.17) is 16.3 Å². The van der Waals surface area contributed by atoms with Gasteiger partial charge >= 0.3 is 0 Å². The van der Waals surface area contributed by atoms with E-state index in [0.29, 0.717) is 16.5 Å². The van der Waals surface area contributed by atoms with Crippen LogP contribution in [0.25, 0.3) is 5.69 Å². The number of carbonyl (C=O) groups excluding carboxylic acids is 1. The maximum atomic E-state index is 13.4. The van der Waals surface area contributed by atoms with Gasteiger partial charge in [0.05, 0.1) is 24.6 Å². The summed E-state index contributed by atoms with van der Waals surface area (Å²) in [6.45, 7) is 2.11. The molecule has 144 valence electrons. The summed E-state index contributed by atoms with van der Waals surface area (Å²) in [7, 11) is 1.63. The number of carbonyl (C=O) groups is 1. The fourth-order valence-corrected chi connectivity index (χ4v) is 3.50. The van der Waals surface area contributed by atoms with Crippen molar-refractivity contribution in [3.8, 4) is 11.4 Å². The zero-order valence-corrected chi connectivity index (χ0v) is 16.6. The molecule has 0 saturated heterocycles. The molecule has 1 saturated carbocycles. The molecule has 0 radical (unpaired) electrons. The Kier molecular flexibility index (Phi) is 5.09. The number of nitrogens with zero attached hydrogens (tertiary/aromatic N) is 3. The molecule has 0 aliphatic heterocycles. The van der Waals surface area contributed by atoms with Crippen molar-refractivity contribution in [3.05, 3.63) is 71.5 Å². The number of halogens is 1. The van der Waals surface area contributed by atoms with Gasteiger partial charge in [0, 0.05) is 22.9 Å². The molecule has 1 atom stereocenters. The third-order valence-corrected chi connectivity index (χ3v) is 5.45. The normalized spacial score (nSPS) is 14.5. The van der Waals surface area contributed by atoms with E-state index in [1.165, 1.54) is 0 Å². The van der Waals surface area contributed by atoms with E-state index in [-0.39, 0.29) is 11.9 Å². The highest BCUT2D eigenvalue weighted by Crippen LogP contribution is 2.38. The van der Waals surface area contributed by atoms with E-state index in [1.807, 2.05) is 41.3 Å². The van der Waals surface area contributed by atoms with Crippen LogP contribution in [0.3, 0.4) is 0 Å². The number of hydrogen-bond donors (Lipinski definition) is 0. The van der Waals surface area contributed by atoms with Crippen LogP contribution in [-0.2, 0) is 0 Å². The SMILES string of the molecule is COc1ccc(N(C(=O)c2cnn(-c3ccc(Cl)cc3)c2)C(C)C2CC2)cc1. The molecule has 1 unspecified atom stereocenters. The molecular formula is C22H22ClN3O2. The highest BCUT2D eigenvalue weighted by Gasteiger charge is 2.35. The Labute approximate surface area is 169 Å². The van der Waals surface area contributed by atoms with Crippen molar-refractivity contribution >= 4 is 23.2 Å². The molecule has 6 heteroatoms. The molecule has 1 aliphatic carbocycles. The average molecular weight is 396 g/mol. The predicted octanol–water partition coefficient (Wildman–Crippen LogP) is 4.98. The van der Waals surface area contributed by atoms with E-state index in [0.717, 1.165) is 30.0 Å². The molecule has 0 spiro atoms. The van der Waals surface area contributed by atoms with Gasteiger partial charge in [0.15, 0.2) is 0 Å². The Balaban J connectivity index is 1.64. The van der Waals surface area contributed by atoms with E-state index in [9.17, 15) is 4.79 Å². The first-order chi connectivity index (χ1) is 13.6. The first kappa shape index (κ1) is 18.6. The van der Waals surface area contributed by atoms with Gasteiger partial charge in [-0.1, -0.05) is 11.6 Å². The Morgan fingerprint density at radius 1 is 1.18 bits per heavy atom. The summed E-state index contributed by atoms with van der Waals surface area (Å²) in [5.74, 6) is 1.26. The quantitative estimate of drug-likeness (QED) is 0.591. The van der Waals surface area contributed by atoms with Crippen LogP contribution in [-0.4, -0.2) is 28.8 Å². The van der Waals surface area contributed by atoms with Gasteiger partial charge in [-0.05, 0) is 74.2 Å². The zero-order valence-electron chi connectivity index (χ0n) is 15.9. The Morgan fingerprint density at radius 2 is 1.86 bits per heavy atom. The fourth-order valence-electron chi connectivity index (χ4n) is 3.38. The van der Waals surface area contributed by atoms with E-state index in [2.05, 4.69) is 12.0 Å². The largest absolute Gasteiger partial charge is 0.497 e. The van der Waals surface area contributed by atoms with Crippen LogP contribution < -0.4 is 9.64 Å². The highest BCUT2D eigenvalue weighted by molar-refractivity contribution is 6.30. The molecule has 1 amide bonds. The van der Waals surface area contributed by atoms with Gasteiger partial charge in [0.25, 0.3) is 5.91 Å². The summed E-state index contributed by atoms with van der Waals surface area (Å²) in [4.78, 5) is 15.3. The van der Waals surface area contributed by atoms with Gasteiger partial charge in [-0.3, -0.25) is 4.79 Å². The van der Waals surface area contributed by atoms with E-state index < -0.39 is 0 Å². The summed E-state index contributed by atoms with van der Waals surface area (Å²) in [6.07, 6.45) is 5.70. The fraction of sp³-hybridized carbons (Fsp3) is 0.273. The molecule has 0 N–H and O–H groups in total. The van der Waals surface area contributed by atoms with Crippen LogP contribution in [0, 0.1) is 5.92 Å². The average Bonchev–Trinajstić information content (AvgIpc) is 3.46. The van der Waals surface area contributed by atoms with E-state index in [1.54, 1.807) is 36.3 Å². The minimum Gasteiger partial charge on any atom is -0.497 e. The highest BCUT2D eigenvalue weighted by atomic mass is 35.5. The van der Waals surface area contributed by atoms with Crippen molar-refractivity contribution in [2.75, 3.05) is 12.0 Å². The lowest BCUT2D eigenvalue weighted by Crippen LogP contribution is -2.40. The standard InChI is InChI=1S/C22H22ClN3O2/c1-15(16-3-4-16)26(20-9-11-21(28-2)12-10-20)22(27)17-13-24-25(14-17)19-7-5-18(23)6-8-19/h5-16H,3-4H2,1-2H3. The first-order valence-electron chi connectivity index (χ1n) is 9.35. The van der Waals surface area contributed by atoms with Crippen LogP contribution >= 0.6 is 11.6 Å². The molecule has 1 aliphatic rings. The van der Waals surface area contributed by atoms with Gasteiger partial charge in [-0.25, -0.2) is 4.68 Å². The number of aromatic nitrogens is 2. The lowest BCUT2D eigenvalue weighted by Gasteiger charge is -2.29. The number of rotatable bonds is 6. The van der Waals surface area contributed by atoms with Crippen molar-refractivity contribution in [3.63, 3.8) is 0 Å². The van der Waals surface area contributed by atoms with Crippen LogP contribution in [0.4, 0.5) is 5.69 Å². The number of benzene rings is 2. The molecule has 2 aromatic carbocycles. The third-order valence-electron chi connectivity index (χ3n) is 5.20. The van der Waals surface area contributed by atoms with Gasteiger partial charge in [-0.15, -0.1) is 0 Å². The molecule has 28 heavy (non-hydrogen) atoms. The summed E-state index contributed by atoms with van der Waals surface area (Å²) in [5, 5.41) is 5.03. The van der Waals surface area contributed by atoms with Crippen LogP contribution in [0.2, 0.25) is 5.02 Å². The van der Waals surface area contributed by atoms with Crippen molar-refractivity contribution in [2.45, 2.75) is 25.8 Å². The summed E-state index contributed by atoms with van der Waals surface area (Å²) >= 11 is 5.96. The number of hydrogen-bond acceptors (Lipinski definition) is 3. The number of amides is 1. The lowest BCUT2D eigenvalue weighted by atomic mass is 10.1. The molecule has 0 bridgehead atoms. The van der Waals surface area contributed by atoms with Gasteiger partial charge in [0.1, 0.15) is 5.75 Å². The number of anilines is 1.